The Morgan fingerprint density at radius 1 is 0.898 bits per heavy atom. The molecule has 5 fully saturated rings. The molecule has 5 aliphatic rings. The van der Waals surface area contributed by atoms with E-state index in [4.69, 9.17) is 14.2 Å². The van der Waals surface area contributed by atoms with E-state index in [0.29, 0.717) is 31.3 Å². The Kier molecular flexibility index (Phi) is 10.6. The lowest BCUT2D eigenvalue weighted by Crippen LogP contribution is -2.65. The third-order valence-corrected chi connectivity index (χ3v) is 13.6. The highest BCUT2D eigenvalue weighted by molar-refractivity contribution is 5.90. The number of carbonyl (C=O) groups excluding carboxylic acids is 2. The van der Waals surface area contributed by atoms with Crippen LogP contribution in [0.3, 0.4) is 0 Å². The summed E-state index contributed by atoms with van der Waals surface area (Å²) >= 11 is 0. The van der Waals surface area contributed by atoms with E-state index >= 15 is 0 Å². The molecule has 15 atom stereocenters. The van der Waals surface area contributed by atoms with E-state index in [2.05, 4.69) is 27.7 Å². The van der Waals surface area contributed by atoms with Gasteiger partial charge in [-0.2, -0.15) is 0 Å². The van der Waals surface area contributed by atoms with Crippen molar-refractivity contribution in [1.29, 1.82) is 0 Å². The zero-order valence-corrected chi connectivity index (χ0v) is 29.8. The quantitative estimate of drug-likeness (QED) is 0.130. The van der Waals surface area contributed by atoms with Crippen molar-refractivity contribution in [3.8, 4) is 0 Å². The first-order valence-corrected chi connectivity index (χ1v) is 17.8. The minimum absolute atomic E-state index is 0.0972. The number of aliphatic hydroxyl groups excluding tert-OH is 5. The summed E-state index contributed by atoms with van der Waals surface area (Å²) in [4.78, 5) is 38.6. The highest BCUT2D eigenvalue weighted by Crippen LogP contribution is 2.74. The number of aliphatic carboxylic acids is 1. The Hall–Kier alpha value is -2.35. The second-order valence-electron chi connectivity index (χ2n) is 16.5. The van der Waals surface area contributed by atoms with Crippen LogP contribution in [0.4, 0.5) is 0 Å². The van der Waals surface area contributed by atoms with Crippen LogP contribution in [-0.2, 0) is 28.6 Å². The minimum Gasteiger partial charge on any atom is -0.479 e. The van der Waals surface area contributed by atoms with Gasteiger partial charge >= 0.3 is 17.9 Å². The van der Waals surface area contributed by atoms with Crippen molar-refractivity contribution in [2.45, 2.75) is 149 Å². The van der Waals surface area contributed by atoms with Crippen LogP contribution in [-0.4, -0.2) is 97.6 Å². The van der Waals surface area contributed by atoms with Gasteiger partial charge in [-0.05, 0) is 111 Å². The van der Waals surface area contributed by atoms with E-state index in [9.17, 15) is 45.0 Å². The molecule has 12 heteroatoms. The molecule has 6 N–H and O–H groups in total. The highest BCUT2D eigenvalue weighted by atomic mass is 16.7. The number of ether oxygens (including phenoxy) is 3. The number of hydrogen-bond donors (Lipinski definition) is 6. The molecule has 0 aromatic rings. The van der Waals surface area contributed by atoms with Gasteiger partial charge in [-0.15, -0.1) is 0 Å². The predicted molar refractivity (Wildman–Crippen MR) is 175 cm³/mol. The first-order valence-electron chi connectivity index (χ1n) is 17.8. The van der Waals surface area contributed by atoms with E-state index in [1.807, 2.05) is 19.9 Å². The molecular weight excluding hydrogens is 636 g/mol. The molecule has 4 saturated carbocycles. The van der Waals surface area contributed by atoms with E-state index in [0.717, 1.165) is 24.8 Å². The zero-order chi connectivity index (χ0) is 36.4. The topological polar surface area (TPSA) is 200 Å². The fraction of sp³-hybridized carbons (Fsp3) is 0.811. The number of rotatable bonds is 7. The molecule has 5 rings (SSSR count). The number of esters is 2. The lowest BCUT2D eigenvalue weighted by Gasteiger charge is -2.69. The Labute approximate surface area is 288 Å². The maximum atomic E-state index is 14.2. The van der Waals surface area contributed by atoms with Crippen molar-refractivity contribution < 1.29 is 59.2 Å². The number of fused-ring (bicyclic) bond motifs is 5. The Morgan fingerprint density at radius 3 is 2.18 bits per heavy atom. The van der Waals surface area contributed by atoms with Crippen LogP contribution < -0.4 is 0 Å². The summed E-state index contributed by atoms with van der Waals surface area (Å²) in [5.41, 5.74) is 0.576. The Balaban J connectivity index is 1.59. The molecule has 0 amide bonds. The van der Waals surface area contributed by atoms with Crippen LogP contribution in [0.15, 0.2) is 22.8 Å². The van der Waals surface area contributed by atoms with Gasteiger partial charge in [0.05, 0.1) is 12.2 Å². The van der Waals surface area contributed by atoms with Gasteiger partial charge < -0.3 is 44.8 Å². The summed E-state index contributed by atoms with van der Waals surface area (Å²) in [7, 11) is 0. The molecule has 1 aliphatic heterocycles. The normalized spacial score (nSPS) is 47.2. The van der Waals surface area contributed by atoms with Gasteiger partial charge in [-0.1, -0.05) is 39.3 Å². The maximum Gasteiger partial charge on any atom is 0.336 e. The summed E-state index contributed by atoms with van der Waals surface area (Å²) in [5, 5.41) is 63.7. The van der Waals surface area contributed by atoms with Crippen LogP contribution >= 0.6 is 0 Å². The monoisotopic (exact) mass is 692 g/mol. The van der Waals surface area contributed by atoms with Crippen molar-refractivity contribution in [3.05, 3.63) is 22.8 Å². The van der Waals surface area contributed by atoms with Crippen LogP contribution in [0.5, 0.6) is 0 Å². The van der Waals surface area contributed by atoms with Gasteiger partial charge in [0.1, 0.15) is 24.4 Å². The number of aliphatic hydroxyl groups is 5. The Morgan fingerprint density at radius 2 is 1.57 bits per heavy atom. The first-order chi connectivity index (χ1) is 22.8. The maximum absolute atomic E-state index is 14.2. The Bertz CT molecular complexity index is 1370. The highest BCUT2D eigenvalue weighted by Gasteiger charge is 2.71. The molecule has 0 bridgehead atoms. The van der Waals surface area contributed by atoms with Crippen molar-refractivity contribution >= 4 is 17.9 Å². The largest absolute Gasteiger partial charge is 0.479 e. The summed E-state index contributed by atoms with van der Waals surface area (Å²) in [6, 6.07) is 0. The number of carboxylic acid groups (broad SMARTS) is 1. The number of carboxylic acids is 1. The van der Waals surface area contributed by atoms with Gasteiger partial charge in [-0.3, -0.25) is 4.79 Å². The average Bonchev–Trinajstić information content (AvgIpc) is 3.28. The molecule has 0 spiro atoms. The minimum atomic E-state index is -1.96. The van der Waals surface area contributed by atoms with Crippen LogP contribution in [0.1, 0.15) is 99.8 Å². The summed E-state index contributed by atoms with van der Waals surface area (Å²) in [5.74, 6) is -3.20. The average molecular weight is 693 g/mol. The predicted octanol–water partition coefficient (Wildman–Crippen LogP) is 3.02. The lowest BCUT2D eigenvalue weighted by molar-refractivity contribution is -0.285. The fourth-order valence-corrected chi connectivity index (χ4v) is 11.1. The molecule has 0 aromatic heterocycles. The third kappa shape index (κ3) is 6.28. The number of carbonyl (C=O) groups is 3. The van der Waals surface area contributed by atoms with Gasteiger partial charge in [0.25, 0.3) is 0 Å². The molecule has 1 saturated heterocycles. The summed E-state index contributed by atoms with van der Waals surface area (Å²) in [6.07, 6.45) is -5.24. The third-order valence-electron chi connectivity index (χ3n) is 13.6. The molecule has 15 unspecified atom stereocenters. The molecule has 12 nitrogen and oxygen atoms in total. The smallest absolute Gasteiger partial charge is 0.336 e. The molecular formula is C37H56O12. The van der Waals surface area contributed by atoms with Gasteiger partial charge in [0.15, 0.2) is 6.10 Å². The van der Waals surface area contributed by atoms with E-state index in [1.165, 1.54) is 6.92 Å². The second kappa shape index (κ2) is 13.7. The summed E-state index contributed by atoms with van der Waals surface area (Å²) < 4.78 is 16.9. The fourth-order valence-electron chi connectivity index (χ4n) is 11.1. The van der Waals surface area contributed by atoms with Crippen molar-refractivity contribution in [2.24, 2.45) is 39.9 Å². The van der Waals surface area contributed by atoms with Crippen molar-refractivity contribution in [2.75, 3.05) is 0 Å². The van der Waals surface area contributed by atoms with E-state index in [-0.39, 0.29) is 47.2 Å². The zero-order valence-electron chi connectivity index (χ0n) is 29.8. The molecule has 49 heavy (non-hydrogen) atoms. The van der Waals surface area contributed by atoms with Gasteiger partial charge in [0, 0.05) is 12.5 Å². The van der Waals surface area contributed by atoms with Crippen molar-refractivity contribution in [3.63, 3.8) is 0 Å². The van der Waals surface area contributed by atoms with Crippen LogP contribution in [0, 0.1) is 39.9 Å². The lowest BCUT2D eigenvalue weighted by atomic mass is 9.36. The standard InChI is InChI=1S/C37H56O12/c1-17(2)9-8-10-20(33(46)49-34-29(43)27(41)28(42)30(48-34)32(44)45)26-22-15-24(40)31-35(5)13-12-23(39)18(3)21(35)11-14-36(31,6)37(22,7)16-25(26)47-19(4)38/h9,18,21-25,27-31,34,39-43H,8,10-16H2,1-7H3,(H,44,45). The van der Waals surface area contributed by atoms with Crippen LogP contribution in [0.25, 0.3) is 0 Å². The van der Waals surface area contributed by atoms with Gasteiger partial charge in [-0.25, -0.2) is 9.59 Å². The number of allylic oxidation sites excluding steroid dienone is 2. The molecule has 0 radical (unpaired) electrons. The van der Waals surface area contributed by atoms with Crippen molar-refractivity contribution in [1.82, 2.24) is 0 Å². The van der Waals surface area contributed by atoms with Gasteiger partial charge in [0.2, 0.25) is 6.29 Å². The molecule has 4 aliphatic carbocycles. The molecule has 1 heterocycles. The van der Waals surface area contributed by atoms with E-state index in [1.54, 1.807) is 0 Å². The first kappa shape index (κ1) is 37.9. The van der Waals surface area contributed by atoms with E-state index < -0.39 is 71.7 Å². The molecule has 0 aromatic carbocycles. The molecule has 276 valence electrons. The van der Waals surface area contributed by atoms with Crippen LogP contribution in [0.2, 0.25) is 0 Å². The second-order valence-corrected chi connectivity index (χ2v) is 16.5. The summed E-state index contributed by atoms with van der Waals surface area (Å²) in [6.45, 7) is 13.9. The SMILES string of the molecule is CC(=O)OC1CC2(C)C(CC(O)C3C4(C)CCC(O)C(C)C4CCC32C)C1=C(CCC=C(C)C)C(=O)OC1OC(C(=O)O)C(O)C(O)C1O. The number of hydrogen-bond acceptors (Lipinski definition) is 11.